The van der Waals surface area contributed by atoms with E-state index in [1.807, 2.05) is 0 Å². The first kappa shape index (κ1) is 12.9. The molecule has 0 bridgehead atoms. The molecule has 96 valence electrons. The Labute approximate surface area is 110 Å². The van der Waals surface area contributed by atoms with Gasteiger partial charge in [0.1, 0.15) is 0 Å². The number of rotatable bonds is 5. The van der Waals surface area contributed by atoms with Crippen LogP contribution in [0.3, 0.4) is 0 Å². The van der Waals surface area contributed by atoms with Crippen molar-refractivity contribution in [2.24, 2.45) is 0 Å². The summed E-state index contributed by atoms with van der Waals surface area (Å²) in [7, 11) is 0. The van der Waals surface area contributed by atoms with Crippen molar-refractivity contribution in [2.75, 3.05) is 0 Å². The molecule has 0 amide bonds. The van der Waals surface area contributed by atoms with Crippen molar-refractivity contribution in [1.82, 2.24) is 9.88 Å². The van der Waals surface area contributed by atoms with E-state index in [2.05, 4.69) is 73.3 Å². The summed E-state index contributed by atoms with van der Waals surface area (Å²) in [5.41, 5.74) is 4.01. The Balaban J connectivity index is 1.98. The van der Waals surface area contributed by atoms with Crippen LogP contribution in [0.25, 0.3) is 0 Å². The van der Waals surface area contributed by atoms with Crippen molar-refractivity contribution in [1.29, 1.82) is 0 Å². The van der Waals surface area contributed by atoms with Crippen LogP contribution in [-0.2, 0) is 13.1 Å². The molecule has 0 spiro atoms. The van der Waals surface area contributed by atoms with Crippen molar-refractivity contribution < 1.29 is 0 Å². The molecule has 0 saturated carbocycles. The highest BCUT2D eigenvalue weighted by Gasteiger charge is 2.06. The van der Waals surface area contributed by atoms with Gasteiger partial charge in [0, 0.05) is 31.0 Å². The monoisotopic (exact) mass is 242 g/mol. The quantitative estimate of drug-likeness (QED) is 0.846. The molecule has 2 heteroatoms. The van der Waals surface area contributed by atoms with Crippen LogP contribution in [0, 0.1) is 6.92 Å². The van der Waals surface area contributed by atoms with Crippen molar-refractivity contribution in [2.45, 2.75) is 39.9 Å². The summed E-state index contributed by atoms with van der Waals surface area (Å²) in [6.07, 6.45) is 2.13. The van der Waals surface area contributed by atoms with Crippen LogP contribution in [0.5, 0.6) is 0 Å². The van der Waals surface area contributed by atoms with E-state index < -0.39 is 0 Å². The van der Waals surface area contributed by atoms with E-state index in [-0.39, 0.29) is 0 Å². The molecule has 0 unspecified atom stereocenters. The highest BCUT2D eigenvalue weighted by atomic mass is 15.0. The molecule has 2 rings (SSSR count). The number of hydrogen-bond donors (Lipinski definition) is 1. The minimum Gasteiger partial charge on any atom is -0.351 e. The maximum absolute atomic E-state index is 3.58. The van der Waals surface area contributed by atoms with Crippen LogP contribution >= 0.6 is 0 Å². The number of nitrogens with one attached hydrogen (secondary N) is 1. The van der Waals surface area contributed by atoms with Gasteiger partial charge in [0.25, 0.3) is 0 Å². The van der Waals surface area contributed by atoms with E-state index in [1.165, 1.54) is 16.8 Å². The summed E-state index contributed by atoms with van der Waals surface area (Å²) in [5.74, 6) is 0. The first-order chi connectivity index (χ1) is 8.70. The minimum atomic E-state index is 0.380. The van der Waals surface area contributed by atoms with Gasteiger partial charge < -0.3 is 9.88 Å². The van der Waals surface area contributed by atoms with E-state index in [1.54, 1.807) is 0 Å². The van der Waals surface area contributed by atoms with E-state index in [9.17, 15) is 0 Å². The Hall–Kier alpha value is -1.54. The van der Waals surface area contributed by atoms with Gasteiger partial charge in [0.15, 0.2) is 0 Å². The first-order valence-corrected chi connectivity index (χ1v) is 6.64. The number of aryl methyl sites for hydroxylation is 2. The third-order valence-electron chi connectivity index (χ3n) is 3.40. The average molecular weight is 242 g/mol. The zero-order chi connectivity index (χ0) is 13.0. The van der Waals surface area contributed by atoms with Crippen LogP contribution < -0.4 is 5.32 Å². The van der Waals surface area contributed by atoms with Crippen molar-refractivity contribution in [3.8, 4) is 0 Å². The van der Waals surface area contributed by atoms with Crippen LogP contribution in [0.2, 0.25) is 0 Å². The molecule has 1 aromatic heterocycles. The number of benzene rings is 1. The van der Waals surface area contributed by atoms with Crippen molar-refractivity contribution in [3.05, 3.63) is 59.4 Å². The summed E-state index contributed by atoms with van der Waals surface area (Å²) in [6.45, 7) is 8.47. The van der Waals surface area contributed by atoms with Crippen LogP contribution in [0.15, 0.2) is 42.6 Å². The lowest BCUT2D eigenvalue weighted by molar-refractivity contribution is 0.549. The predicted octanol–water partition coefficient (Wildman–Crippen LogP) is 3.67. The third kappa shape index (κ3) is 3.02. The molecule has 0 aliphatic rings. The predicted molar refractivity (Wildman–Crippen MR) is 76.5 cm³/mol. The Morgan fingerprint density at radius 1 is 1.22 bits per heavy atom. The summed E-state index contributed by atoms with van der Waals surface area (Å²) < 4.78 is 2.27. The highest BCUT2D eigenvalue weighted by Crippen LogP contribution is 2.14. The fourth-order valence-electron chi connectivity index (χ4n) is 2.23. The third-order valence-corrected chi connectivity index (χ3v) is 3.40. The Kier molecular flexibility index (Phi) is 4.21. The zero-order valence-electron chi connectivity index (χ0n) is 11.5. The molecular weight excluding hydrogens is 220 g/mol. The van der Waals surface area contributed by atoms with Crippen molar-refractivity contribution in [3.63, 3.8) is 0 Å². The lowest BCUT2D eigenvalue weighted by Gasteiger charge is -2.15. The van der Waals surface area contributed by atoms with E-state index in [4.69, 9.17) is 0 Å². The molecular formula is C16H22N2. The zero-order valence-corrected chi connectivity index (χ0v) is 11.5. The molecule has 1 heterocycles. The lowest BCUT2D eigenvalue weighted by atomic mass is 10.1. The lowest BCUT2D eigenvalue weighted by Crippen LogP contribution is -2.19. The second-order valence-electron chi connectivity index (χ2n) is 4.80. The van der Waals surface area contributed by atoms with E-state index in [0.717, 1.165) is 13.1 Å². The van der Waals surface area contributed by atoms with Gasteiger partial charge in [0.2, 0.25) is 0 Å². The summed E-state index contributed by atoms with van der Waals surface area (Å²) in [4.78, 5) is 0. The van der Waals surface area contributed by atoms with Crippen LogP contribution in [0.4, 0.5) is 0 Å². The largest absolute Gasteiger partial charge is 0.351 e. The molecule has 0 radical (unpaired) electrons. The molecule has 0 saturated heterocycles. The molecule has 0 aliphatic carbocycles. The SMILES string of the molecule is CCn1cccc1CN[C@@H](C)c1cccc(C)c1. The fourth-order valence-corrected chi connectivity index (χ4v) is 2.23. The molecule has 1 aromatic carbocycles. The van der Waals surface area contributed by atoms with Gasteiger partial charge in [-0.15, -0.1) is 0 Å². The molecule has 0 fully saturated rings. The second kappa shape index (κ2) is 5.87. The summed E-state index contributed by atoms with van der Waals surface area (Å²) in [5, 5.41) is 3.58. The Bertz CT molecular complexity index is 499. The maximum atomic E-state index is 3.58. The highest BCUT2D eigenvalue weighted by molar-refractivity contribution is 5.24. The molecule has 1 N–H and O–H groups in total. The van der Waals surface area contributed by atoms with Gasteiger partial charge in [-0.2, -0.15) is 0 Å². The normalized spacial score (nSPS) is 12.6. The summed E-state index contributed by atoms with van der Waals surface area (Å²) in [6, 6.07) is 13.4. The van der Waals surface area contributed by atoms with Gasteiger partial charge in [-0.1, -0.05) is 29.8 Å². The molecule has 1 atom stereocenters. The van der Waals surface area contributed by atoms with Gasteiger partial charge in [-0.3, -0.25) is 0 Å². The Morgan fingerprint density at radius 2 is 2.06 bits per heavy atom. The summed E-state index contributed by atoms with van der Waals surface area (Å²) >= 11 is 0. The second-order valence-corrected chi connectivity index (χ2v) is 4.80. The molecule has 18 heavy (non-hydrogen) atoms. The molecule has 2 aromatic rings. The number of nitrogens with zero attached hydrogens (tertiary/aromatic N) is 1. The smallest absolute Gasteiger partial charge is 0.0364 e. The topological polar surface area (TPSA) is 17.0 Å². The number of hydrogen-bond acceptors (Lipinski definition) is 1. The average Bonchev–Trinajstić information content (AvgIpc) is 2.83. The van der Waals surface area contributed by atoms with Gasteiger partial charge in [-0.25, -0.2) is 0 Å². The van der Waals surface area contributed by atoms with Crippen LogP contribution in [-0.4, -0.2) is 4.57 Å². The number of aromatic nitrogens is 1. The standard InChI is InChI=1S/C16H22N2/c1-4-18-10-6-9-16(18)12-17-14(3)15-8-5-7-13(2)11-15/h5-11,14,17H,4,12H2,1-3H3/t14-/m0/s1. The van der Waals surface area contributed by atoms with E-state index in [0.29, 0.717) is 6.04 Å². The fraction of sp³-hybridized carbons (Fsp3) is 0.375. The van der Waals surface area contributed by atoms with Crippen LogP contribution in [0.1, 0.15) is 36.7 Å². The van der Waals surface area contributed by atoms with Gasteiger partial charge in [-0.05, 0) is 38.5 Å². The Morgan fingerprint density at radius 3 is 2.78 bits per heavy atom. The van der Waals surface area contributed by atoms with Crippen molar-refractivity contribution >= 4 is 0 Å². The molecule has 0 aliphatic heterocycles. The van der Waals surface area contributed by atoms with E-state index >= 15 is 0 Å². The first-order valence-electron chi connectivity index (χ1n) is 6.64. The molecule has 2 nitrogen and oxygen atoms in total. The minimum absolute atomic E-state index is 0.380. The van der Waals surface area contributed by atoms with Gasteiger partial charge >= 0.3 is 0 Å². The van der Waals surface area contributed by atoms with Gasteiger partial charge in [0.05, 0.1) is 0 Å². The maximum Gasteiger partial charge on any atom is 0.0364 e.